The number of ether oxygens (including phenoxy) is 1. The van der Waals surface area contributed by atoms with Gasteiger partial charge in [0, 0.05) is 18.3 Å². The molecule has 2 rings (SSSR count). The second-order valence-corrected chi connectivity index (χ2v) is 5.13. The van der Waals surface area contributed by atoms with Crippen LogP contribution in [0.4, 0.5) is 0 Å². The first-order chi connectivity index (χ1) is 8.15. The Kier molecular flexibility index (Phi) is 3.94. The van der Waals surface area contributed by atoms with Gasteiger partial charge in [-0.2, -0.15) is 0 Å². The average Bonchev–Trinajstić information content (AvgIpc) is 2.60. The molecule has 17 heavy (non-hydrogen) atoms. The molecule has 4 nitrogen and oxygen atoms in total. The van der Waals surface area contributed by atoms with Crippen LogP contribution in [0.2, 0.25) is 0 Å². The number of imide groups is 1. The first kappa shape index (κ1) is 12.3. The zero-order valence-electron chi connectivity index (χ0n) is 10.2. The minimum atomic E-state index is -0.333. The van der Waals surface area contributed by atoms with Crippen LogP contribution in [0.1, 0.15) is 32.6 Å². The van der Waals surface area contributed by atoms with Crippen LogP contribution >= 0.6 is 0 Å². The van der Waals surface area contributed by atoms with Crippen molar-refractivity contribution in [3.05, 3.63) is 11.6 Å². The highest BCUT2D eigenvalue weighted by molar-refractivity contribution is 6.16. The van der Waals surface area contributed by atoms with Gasteiger partial charge in [0.2, 0.25) is 0 Å². The highest BCUT2D eigenvalue weighted by atomic mass is 16.5. The minimum absolute atomic E-state index is 0.254. The molecule has 2 aliphatic rings. The van der Waals surface area contributed by atoms with E-state index in [1.54, 1.807) is 0 Å². The lowest BCUT2D eigenvalue weighted by Crippen LogP contribution is -2.24. The Morgan fingerprint density at radius 3 is 2.59 bits per heavy atom. The maximum atomic E-state index is 11.2. The van der Waals surface area contributed by atoms with Gasteiger partial charge in [0.1, 0.15) is 0 Å². The molecule has 4 heteroatoms. The van der Waals surface area contributed by atoms with Gasteiger partial charge in [-0.3, -0.25) is 14.9 Å². The SMILES string of the molecule is CC1CCC(COCC2=CC(=O)NC2=O)CC1. The third kappa shape index (κ3) is 3.40. The lowest BCUT2D eigenvalue weighted by Gasteiger charge is -2.25. The normalized spacial score (nSPS) is 29.1. The van der Waals surface area contributed by atoms with E-state index in [2.05, 4.69) is 12.2 Å². The van der Waals surface area contributed by atoms with Gasteiger partial charge >= 0.3 is 0 Å². The smallest absolute Gasteiger partial charge is 0.256 e. The molecule has 1 aliphatic carbocycles. The van der Waals surface area contributed by atoms with Crippen molar-refractivity contribution in [2.75, 3.05) is 13.2 Å². The summed E-state index contributed by atoms with van der Waals surface area (Å²) in [7, 11) is 0. The van der Waals surface area contributed by atoms with E-state index in [0.717, 1.165) is 5.92 Å². The molecule has 2 amide bonds. The summed E-state index contributed by atoms with van der Waals surface area (Å²) >= 11 is 0. The fourth-order valence-corrected chi connectivity index (χ4v) is 2.39. The van der Waals surface area contributed by atoms with E-state index in [-0.39, 0.29) is 18.4 Å². The van der Waals surface area contributed by atoms with Crippen LogP contribution in [0.15, 0.2) is 11.6 Å². The van der Waals surface area contributed by atoms with Crippen molar-refractivity contribution in [3.8, 4) is 0 Å². The Balaban J connectivity index is 1.68. The molecule has 0 spiro atoms. The van der Waals surface area contributed by atoms with E-state index in [1.165, 1.54) is 31.8 Å². The van der Waals surface area contributed by atoms with E-state index < -0.39 is 0 Å². The number of carbonyl (C=O) groups is 2. The van der Waals surface area contributed by atoms with Crippen molar-refractivity contribution in [1.29, 1.82) is 0 Å². The zero-order valence-corrected chi connectivity index (χ0v) is 10.2. The Hall–Kier alpha value is -1.16. The summed E-state index contributed by atoms with van der Waals surface area (Å²) in [4.78, 5) is 22.1. The Bertz CT molecular complexity index is 341. The maximum absolute atomic E-state index is 11.2. The minimum Gasteiger partial charge on any atom is -0.376 e. The second-order valence-electron chi connectivity index (χ2n) is 5.13. The third-order valence-corrected chi connectivity index (χ3v) is 3.58. The van der Waals surface area contributed by atoms with Gasteiger partial charge in [-0.25, -0.2) is 0 Å². The van der Waals surface area contributed by atoms with Gasteiger partial charge in [-0.15, -0.1) is 0 Å². The standard InChI is InChI=1S/C13H19NO3/c1-9-2-4-10(5-3-9)7-17-8-11-6-12(15)14-13(11)16/h6,9-10H,2-5,7-8H2,1H3,(H,14,15,16). The first-order valence-corrected chi connectivity index (χ1v) is 6.29. The largest absolute Gasteiger partial charge is 0.376 e. The van der Waals surface area contributed by atoms with Gasteiger partial charge in [0.25, 0.3) is 11.8 Å². The van der Waals surface area contributed by atoms with Crippen LogP contribution in [-0.4, -0.2) is 25.0 Å². The quantitative estimate of drug-likeness (QED) is 0.752. The molecular weight excluding hydrogens is 218 g/mol. The van der Waals surface area contributed by atoms with Crippen LogP contribution in [0.3, 0.4) is 0 Å². The van der Waals surface area contributed by atoms with E-state index in [9.17, 15) is 9.59 Å². The average molecular weight is 237 g/mol. The summed E-state index contributed by atoms with van der Waals surface area (Å²) in [6, 6.07) is 0. The highest BCUT2D eigenvalue weighted by Crippen LogP contribution is 2.28. The molecule has 0 aromatic heterocycles. The van der Waals surface area contributed by atoms with Crippen molar-refractivity contribution >= 4 is 11.8 Å². The molecule has 0 bridgehead atoms. The van der Waals surface area contributed by atoms with E-state index in [0.29, 0.717) is 18.1 Å². The Morgan fingerprint density at radius 1 is 1.29 bits per heavy atom. The highest BCUT2D eigenvalue weighted by Gasteiger charge is 2.22. The second kappa shape index (κ2) is 5.45. The molecule has 0 aromatic rings. The number of nitrogens with one attached hydrogen (secondary N) is 1. The predicted octanol–water partition coefficient (Wildman–Crippen LogP) is 1.41. The number of hydrogen-bond donors (Lipinski definition) is 1. The molecule has 0 radical (unpaired) electrons. The molecular formula is C13H19NO3. The predicted molar refractivity (Wildman–Crippen MR) is 63.2 cm³/mol. The van der Waals surface area contributed by atoms with E-state index >= 15 is 0 Å². The van der Waals surface area contributed by atoms with Crippen molar-refractivity contribution in [2.45, 2.75) is 32.6 Å². The lowest BCUT2D eigenvalue weighted by molar-refractivity contribution is -0.124. The third-order valence-electron chi connectivity index (χ3n) is 3.58. The molecule has 0 atom stereocenters. The van der Waals surface area contributed by atoms with Crippen LogP contribution in [0.5, 0.6) is 0 Å². The molecule has 1 heterocycles. The zero-order chi connectivity index (χ0) is 12.3. The number of carbonyl (C=O) groups excluding carboxylic acids is 2. The monoisotopic (exact) mass is 237 g/mol. The van der Waals surface area contributed by atoms with Crippen molar-refractivity contribution in [2.24, 2.45) is 11.8 Å². The summed E-state index contributed by atoms with van der Waals surface area (Å²) in [5, 5.41) is 2.21. The molecule has 1 fully saturated rings. The fraction of sp³-hybridized carbons (Fsp3) is 0.692. The van der Waals surface area contributed by atoms with Crippen molar-refractivity contribution in [1.82, 2.24) is 5.32 Å². The summed E-state index contributed by atoms with van der Waals surface area (Å²) in [5.41, 5.74) is 0.444. The summed E-state index contributed by atoms with van der Waals surface area (Å²) in [5.74, 6) is 0.812. The van der Waals surface area contributed by atoms with Crippen molar-refractivity contribution < 1.29 is 14.3 Å². The van der Waals surface area contributed by atoms with Gasteiger partial charge in [-0.1, -0.05) is 19.8 Å². The number of rotatable bonds is 4. The first-order valence-electron chi connectivity index (χ1n) is 6.29. The number of hydrogen-bond acceptors (Lipinski definition) is 3. The van der Waals surface area contributed by atoms with E-state index in [4.69, 9.17) is 4.74 Å². The molecule has 94 valence electrons. The summed E-state index contributed by atoms with van der Waals surface area (Å²) < 4.78 is 5.53. The number of amides is 2. The summed E-state index contributed by atoms with van der Waals surface area (Å²) in [6.45, 7) is 3.24. The molecule has 1 aliphatic heterocycles. The van der Waals surface area contributed by atoms with Gasteiger partial charge in [0.05, 0.1) is 6.61 Å². The van der Waals surface area contributed by atoms with Crippen LogP contribution in [0, 0.1) is 11.8 Å². The van der Waals surface area contributed by atoms with Gasteiger partial charge in [0.15, 0.2) is 0 Å². The fourth-order valence-electron chi connectivity index (χ4n) is 2.39. The van der Waals surface area contributed by atoms with Crippen molar-refractivity contribution in [3.63, 3.8) is 0 Å². The van der Waals surface area contributed by atoms with Gasteiger partial charge in [-0.05, 0) is 24.7 Å². The Morgan fingerprint density at radius 2 is 2.00 bits per heavy atom. The van der Waals surface area contributed by atoms with Gasteiger partial charge < -0.3 is 4.74 Å². The molecule has 0 aromatic carbocycles. The van der Waals surface area contributed by atoms with E-state index in [1.807, 2.05) is 0 Å². The van der Waals surface area contributed by atoms with Crippen LogP contribution in [-0.2, 0) is 14.3 Å². The summed E-state index contributed by atoms with van der Waals surface area (Å²) in [6.07, 6.45) is 6.30. The molecule has 1 saturated carbocycles. The molecule has 0 unspecified atom stereocenters. The molecule has 0 saturated heterocycles. The molecule has 1 N–H and O–H groups in total. The Labute approximate surface area is 101 Å². The van der Waals surface area contributed by atoms with Crippen LogP contribution in [0.25, 0.3) is 0 Å². The van der Waals surface area contributed by atoms with Crippen LogP contribution < -0.4 is 5.32 Å². The maximum Gasteiger partial charge on any atom is 0.256 e. The lowest BCUT2D eigenvalue weighted by atomic mass is 9.83. The topological polar surface area (TPSA) is 55.4 Å².